The van der Waals surface area contributed by atoms with Gasteiger partial charge in [0.15, 0.2) is 0 Å². The van der Waals surface area contributed by atoms with Gasteiger partial charge in [0.05, 0.1) is 34.0 Å². The first-order valence-corrected chi connectivity index (χ1v) is 9.17. The Morgan fingerprint density at radius 2 is 1.93 bits per heavy atom. The molecule has 0 unspecified atom stereocenters. The number of alkyl halides is 3. The molecule has 0 fully saturated rings. The van der Waals surface area contributed by atoms with Crippen LogP contribution in [0.1, 0.15) is 16.1 Å². The summed E-state index contributed by atoms with van der Waals surface area (Å²) in [6, 6.07) is 9.10. The fourth-order valence-electron chi connectivity index (χ4n) is 2.81. The number of carbonyl (C=O) groups is 1. The second kappa shape index (κ2) is 7.13. The lowest BCUT2D eigenvalue weighted by Crippen LogP contribution is -2.23. The molecule has 0 saturated carbocycles. The average Bonchev–Trinajstić information content (AvgIpc) is 3.23. The van der Waals surface area contributed by atoms with Gasteiger partial charge in [0.1, 0.15) is 5.69 Å². The van der Waals surface area contributed by atoms with Crippen LogP contribution in [0.3, 0.4) is 0 Å². The molecule has 0 spiro atoms. The van der Waals surface area contributed by atoms with Crippen molar-refractivity contribution in [3.8, 4) is 5.69 Å². The van der Waals surface area contributed by atoms with Gasteiger partial charge in [0, 0.05) is 10.8 Å². The molecule has 2 aromatic carbocycles. The molecule has 0 radical (unpaired) electrons. The van der Waals surface area contributed by atoms with Gasteiger partial charge in [-0.05, 0) is 24.3 Å². The quantitative estimate of drug-likeness (QED) is 0.545. The summed E-state index contributed by atoms with van der Waals surface area (Å²) in [5.41, 5.74) is 0.327. The van der Waals surface area contributed by atoms with Gasteiger partial charge < -0.3 is 5.32 Å². The number of amides is 1. The molecule has 29 heavy (non-hydrogen) atoms. The summed E-state index contributed by atoms with van der Waals surface area (Å²) in [6.07, 6.45) is -3.20. The summed E-state index contributed by atoms with van der Waals surface area (Å²) in [7, 11) is 0. The third kappa shape index (κ3) is 3.61. The Balaban J connectivity index is 1.84. The van der Waals surface area contributed by atoms with Crippen LogP contribution in [0.2, 0.25) is 0 Å². The van der Waals surface area contributed by atoms with Crippen molar-refractivity contribution in [1.29, 1.82) is 0 Å². The summed E-state index contributed by atoms with van der Waals surface area (Å²) < 4.78 is 39.9. The number of rotatable bonds is 3. The molecule has 0 aliphatic carbocycles. The van der Waals surface area contributed by atoms with Gasteiger partial charge in [0.2, 0.25) is 0 Å². The number of thiazole rings is 1. The molecule has 1 amide bonds. The maximum atomic E-state index is 13.0. The molecule has 1 N–H and O–H groups in total. The van der Waals surface area contributed by atoms with E-state index in [1.165, 1.54) is 41.2 Å². The minimum Gasteiger partial charge on any atom is -0.320 e. The first-order chi connectivity index (χ1) is 13.8. The molecular formula is C19H11F3N4O2S. The monoisotopic (exact) mass is 416 g/mol. The number of aromatic nitrogens is 3. The topological polar surface area (TPSA) is 76.9 Å². The van der Waals surface area contributed by atoms with Gasteiger partial charge in [-0.1, -0.05) is 18.2 Å². The maximum absolute atomic E-state index is 13.0. The molecule has 0 bridgehead atoms. The predicted molar refractivity (Wildman–Crippen MR) is 102 cm³/mol. The molecule has 4 aromatic rings. The predicted octanol–water partition coefficient (Wildman–Crippen LogP) is 4.11. The number of anilines is 1. The van der Waals surface area contributed by atoms with E-state index in [1.54, 1.807) is 17.5 Å². The number of nitrogens with zero attached hydrogens (tertiary/aromatic N) is 3. The number of carbonyl (C=O) groups excluding carboxylic acids is 1. The fourth-order valence-corrected chi connectivity index (χ4v) is 3.34. The van der Waals surface area contributed by atoms with Crippen molar-refractivity contribution in [2.45, 2.75) is 6.18 Å². The van der Waals surface area contributed by atoms with Gasteiger partial charge in [-0.15, -0.1) is 11.3 Å². The number of hydrogen-bond acceptors (Lipinski definition) is 5. The van der Waals surface area contributed by atoms with E-state index in [-0.39, 0.29) is 22.5 Å². The first-order valence-electron chi connectivity index (χ1n) is 8.23. The minimum atomic E-state index is -4.55. The highest BCUT2D eigenvalue weighted by atomic mass is 32.1. The first kappa shape index (κ1) is 18.8. The fraction of sp³-hybridized carbons (Fsp3) is 0.0526. The summed E-state index contributed by atoms with van der Waals surface area (Å²) in [4.78, 5) is 29.3. The zero-order chi connectivity index (χ0) is 20.6. The van der Waals surface area contributed by atoms with E-state index in [9.17, 15) is 22.8 Å². The lowest BCUT2D eigenvalue weighted by Gasteiger charge is -2.12. The van der Waals surface area contributed by atoms with Crippen molar-refractivity contribution < 1.29 is 18.0 Å². The molecule has 10 heteroatoms. The molecule has 0 atom stereocenters. The highest BCUT2D eigenvalue weighted by molar-refractivity contribution is 7.07. The Morgan fingerprint density at radius 3 is 2.66 bits per heavy atom. The standard InChI is InChI=1S/C19H11F3N4O2S/c20-19(21,22)12-4-2-5-13(7-12)26-18(28)16-11(8-24-26)3-1-6-14(16)25-17(27)15-9-29-10-23-15/h1-10H,(H,25,27). The van der Waals surface area contributed by atoms with Crippen molar-refractivity contribution in [2.24, 2.45) is 0 Å². The second-order valence-corrected chi connectivity index (χ2v) is 6.73. The molecular weight excluding hydrogens is 405 g/mol. The van der Waals surface area contributed by atoms with Crippen molar-refractivity contribution in [3.63, 3.8) is 0 Å². The molecule has 2 heterocycles. The molecule has 0 saturated heterocycles. The van der Waals surface area contributed by atoms with Crippen LogP contribution >= 0.6 is 11.3 Å². The van der Waals surface area contributed by atoms with Crippen LogP contribution in [-0.4, -0.2) is 20.7 Å². The Morgan fingerprint density at radius 1 is 1.14 bits per heavy atom. The molecule has 146 valence electrons. The summed E-state index contributed by atoms with van der Waals surface area (Å²) in [5, 5.41) is 8.74. The lowest BCUT2D eigenvalue weighted by atomic mass is 10.1. The van der Waals surface area contributed by atoms with E-state index in [0.717, 1.165) is 16.8 Å². The number of fused-ring (bicyclic) bond motifs is 1. The Hall–Kier alpha value is -3.53. The molecule has 2 aromatic heterocycles. The Labute approximate surface area is 165 Å². The summed E-state index contributed by atoms with van der Waals surface area (Å²) in [5.74, 6) is -0.499. The van der Waals surface area contributed by atoms with Crippen LogP contribution in [0.15, 0.2) is 64.3 Å². The number of nitrogens with one attached hydrogen (secondary N) is 1. The maximum Gasteiger partial charge on any atom is 0.416 e. The van der Waals surface area contributed by atoms with Crippen molar-refractivity contribution in [3.05, 3.63) is 81.2 Å². The average molecular weight is 416 g/mol. The van der Waals surface area contributed by atoms with Crippen molar-refractivity contribution in [2.75, 3.05) is 5.32 Å². The smallest absolute Gasteiger partial charge is 0.320 e. The Kier molecular flexibility index (Phi) is 4.63. The normalized spacial score (nSPS) is 11.6. The van der Waals surface area contributed by atoms with E-state index >= 15 is 0 Å². The van der Waals surface area contributed by atoms with E-state index in [0.29, 0.717) is 5.39 Å². The van der Waals surface area contributed by atoms with Crippen LogP contribution in [0.5, 0.6) is 0 Å². The zero-order valence-electron chi connectivity index (χ0n) is 14.5. The molecule has 6 nitrogen and oxygen atoms in total. The molecule has 0 aliphatic heterocycles. The largest absolute Gasteiger partial charge is 0.416 e. The van der Waals surface area contributed by atoms with Crippen molar-refractivity contribution in [1.82, 2.24) is 14.8 Å². The van der Waals surface area contributed by atoms with Crippen LogP contribution in [0.25, 0.3) is 16.5 Å². The zero-order valence-corrected chi connectivity index (χ0v) is 15.3. The number of benzene rings is 2. The minimum absolute atomic E-state index is 0.0349. The van der Waals surface area contributed by atoms with E-state index in [4.69, 9.17) is 0 Å². The lowest BCUT2D eigenvalue weighted by molar-refractivity contribution is -0.137. The van der Waals surface area contributed by atoms with Gasteiger partial charge >= 0.3 is 6.18 Å². The van der Waals surface area contributed by atoms with Gasteiger partial charge in [0.25, 0.3) is 11.5 Å². The number of hydrogen-bond donors (Lipinski definition) is 1. The van der Waals surface area contributed by atoms with Crippen LogP contribution in [0.4, 0.5) is 18.9 Å². The van der Waals surface area contributed by atoms with Gasteiger partial charge in [-0.3, -0.25) is 9.59 Å². The molecule has 4 rings (SSSR count). The van der Waals surface area contributed by atoms with Gasteiger partial charge in [-0.25, -0.2) is 4.98 Å². The SMILES string of the molecule is O=C(Nc1cccc2cnn(-c3cccc(C(F)(F)F)c3)c(=O)c12)c1cscn1. The second-order valence-electron chi connectivity index (χ2n) is 6.01. The van der Waals surface area contributed by atoms with Crippen LogP contribution in [0, 0.1) is 0 Å². The van der Waals surface area contributed by atoms with Crippen LogP contribution < -0.4 is 10.9 Å². The van der Waals surface area contributed by atoms with Gasteiger partial charge in [-0.2, -0.15) is 23.0 Å². The highest BCUT2D eigenvalue weighted by Crippen LogP contribution is 2.30. The number of halogens is 3. The third-order valence-electron chi connectivity index (χ3n) is 4.15. The van der Waals surface area contributed by atoms with E-state index < -0.39 is 23.2 Å². The van der Waals surface area contributed by atoms with Crippen LogP contribution in [-0.2, 0) is 6.18 Å². The summed E-state index contributed by atoms with van der Waals surface area (Å²) >= 11 is 1.25. The van der Waals surface area contributed by atoms with E-state index in [1.807, 2.05) is 0 Å². The highest BCUT2D eigenvalue weighted by Gasteiger charge is 2.30. The van der Waals surface area contributed by atoms with E-state index in [2.05, 4.69) is 15.4 Å². The third-order valence-corrected chi connectivity index (χ3v) is 4.73. The summed E-state index contributed by atoms with van der Waals surface area (Å²) in [6.45, 7) is 0. The molecule has 0 aliphatic rings. The Bertz CT molecular complexity index is 1270. The van der Waals surface area contributed by atoms with Crippen molar-refractivity contribution >= 4 is 33.7 Å².